The van der Waals surface area contributed by atoms with Crippen LogP contribution in [0.1, 0.15) is 0 Å². The Morgan fingerprint density at radius 3 is 3.33 bits per heavy atom. The molecule has 0 saturated carbocycles. The molecule has 1 aliphatic carbocycles. The van der Waals surface area contributed by atoms with Gasteiger partial charge in [-0.2, -0.15) is 0 Å². The minimum Gasteiger partial charge on any atom is -0.366 e. The zero-order valence-electron chi connectivity index (χ0n) is 6.49. The molecule has 1 amide bonds. The van der Waals surface area contributed by atoms with Gasteiger partial charge in [-0.1, -0.05) is 18.2 Å². The van der Waals surface area contributed by atoms with E-state index in [0.717, 1.165) is 11.4 Å². The van der Waals surface area contributed by atoms with Crippen LogP contribution in [-0.2, 0) is 4.79 Å². The number of nitrogens with two attached hydrogens (primary N) is 1. The number of hydrogen-bond acceptors (Lipinski definition) is 3. The summed E-state index contributed by atoms with van der Waals surface area (Å²) >= 11 is 1.73. The number of primary amides is 1. The van der Waals surface area contributed by atoms with Gasteiger partial charge in [0.1, 0.15) is 0 Å². The van der Waals surface area contributed by atoms with Crippen molar-refractivity contribution in [1.82, 2.24) is 5.32 Å². The Hall–Kier alpha value is -0.740. The smallest absolute Gasteiger partial charge is 0.245 e. The van der Waals surface area contributed by atoms with Gasteiger partial charge >= 0.3 is 0 Å². The van der Waals surface area contributed by atoms with E-state index in [4.69, 9.17) is 5.73 Å². The molecule has 4 heteroatoms. The largest absolute Gasteiger partial charge is 0.366 e. The molecule has 1 fully saturated rings. The Morgan fingerprint density at radius 2 is 2.58 bits per heavy atom. The average Bonchev–Trinajstić information content (AvgIpc) is 2.49. The minimum absolute atomic E-state index is 0.229. The molecule has 0 radical (unpaired) electrons. The van der Waals surface area contributed by atoms with Crippen molar-refractivity contribution in [1.29, 1.82) is 0 Å². The third-order valence-electron chi connectivity index (χ3n) is 2.09. The van der Waals surface area contributed by atoms with Gasteiger partial charge in [0.05, 0.1) is 5.25 Å². The number of carbonyl (C=O) groups excluding carboxylic acids is 1. The number of rotatable bonds is 1. The zero-order chi connectivity index (χ0) is 8.55. The molecule has 1 saturated heterocycles. The zero-order valence-corrected chi connectivity index (χ0v) is 7.30. The van der Waals surface area contributed by atoms with Crippen LogP contribution in [0.3, 0.4) is 0 Å². The van der Waals surface area contributed by atoms with Crippen molar-refractivity contribution in [2.24, 2.45) is 5.73 Å². The Kier molecular flexibility index (Phi) is 1.94. The normalized spacial score (nSPS) is 32.8. The van der Waals surface area contributed by atoms with E-state index in [1.807, 2.05) is 12.2 Å². The second-order valence-electron chi connectivity index (χ2n) is 2.83. The average molecular weight is 182 g/mol. The van der Waals surface area contributed by atoms with Crippen molar-refractivity contribution >= 4 is 17.7 Å². The molecule has 1 aliphatic heterocycles. The van der Waals surface area contributed by atoms with Gasteiger partial charge in [0.15, 0.2) is 0 Å². The number of amides is 1. The standard InChI is InChI=1S/C8H10N2OS/c9-8(11)5-2-1-3-6-7(5)12-4-10-6/h1-3,6-7,10H,4H2,(H2,9,11). The van der Waals surface area contributed by atoms with Crippen LogP contribution in [-0.4, -0.2) is 23.1 Å². The molecule has 64 valence electrons. The van der Waals surface area contributed by atoms with E-state index in [1.54, 1.807) is 11.8 Å². The van der Waals surface area contributed by atoms with Gasteiger partial charge in [-0.25, -0.2) is 0 Å². The molecule has 0 aromatic rings. The monoisotopic (exact) mass is 182 g/mol. The maximum Gasteiger partial charge on any atom is 0.245 e. The number of fused-ring (bicyclic) bond motifs is 1. The molecule has 0 bridgehead atoms. The van der Waals surface area contributed by atoms with Crippen LogP contribution in [0.15, 0.2) is 23.8 Å². The fourth-order valence-corrected chi connectivity index (χ4v) is 2.73. The van der Waals surface area contributed by atoms with Gasteiger partial charge in [-0.05, 0) is 0 Å². The number of allylic oxidation sites excluding steroid dienone is 2. The van der Waals surface area contributed by atoms with Crippen LogP contribution in [0.4, 0.5) is 0 Å². The molecule has 1 heterocycles. The van der Waals surface area contributed by atoms with E-state index in [-0.39, 0.29) is 11.2 Å². The summed E-state index contributed by atoms with van der Waals surface area (Å²) < 4.78 is 0. The molecule has 12 heavy (non-hydrogen) atoms. The maximum atomic E-state index is 11.0. The highest BCUT2D eigenvalue weighted by Gasteiger charge is 2.32. The van der Waals surface area contributed by atoms with Crippen molar-refractivity contribution in [2.45, 2.75) is 11.3 Å². The topological polar surface area (TPSA) is 55.1 Å². The summed E-state index contributed by atoms with van der Waals surface area (Å²) in [6.07, 6.45) is 5.76. The second-order valence-corrected chi connectivity index (χ2v) is 3.96. The van der Waals surface area contributed by atoms with Crippen molar-refractivity contribution in [3.05, 3.63) is 23.8 Å². The highest BCUT2D eigenvalue weighted by atomic mass is 32.2. The van der Waals surface area contributed by atoms with E-state index >= 15 is 0 Å². The van der Waals surface area contributed by atoms with Crippen LogP contribution < -0.4 is 11.1 Å². The first-order valence-corrected chi connectivity index (χ1v) is 4.87. The molecule has 3 N–H and O–H groups in total. The van der Waals surface area contributed by atoms with Crippen LogP contribution in [0.5, 0.6) is 0 Å². The van der Waals surface area contributed by atoms with E-state index in [0.29, 0.717) is 6.04 Å². The summed E-state index contributed by atoms with van der Waals surface area (Å²) in [6, 6.07) is 0.294. The van der Waals surface area contributed by atoms with Gasteiger partial charge in [-0.15, -0.1) is 11.8 Å². The minimum atomic E-state index is -0.300. The summed E-state index contributed by atoms with van der Waals surface area (Å²) in [7, 11) is 0. The number of nitrogens with one attached hydrogen (secondary N) is 1. The third-order valence-corrected chi connectivity index (χ3v) is 3.33. The maximum absolute atomic E-state index is 11.0. The van der Waals surface area contributed by atoms with Gasteiger partial charge in [-0.3, -0.25) is 4.79 Å². The molecule has 2 rings (SSSR count). The van der Waals surface area contributed by atoms with Crippen molar-refractivity contribution in [3.8, 4) is 0 Å². The number of carbonyl (C=O) groups is 1. The first kappa shape index (κ1) is 7.89. The van der Waals surface area contributed by atoms with Crippen LogP contribution in [0.25, 0.3) is 0 Å². The van der Waals surface area contributed by atoms with Crippen molar-refractivity contribution < 1.29 is 4.79 Å². The van der Waals surface area contributed by atoms with E-state index in [9.17, 15) is 4.79 Å². The lowest BCUT2D eigenvalue weighted by molar-refractivity contribution is -0.114. The predicted molar refractivity (Wildman–Crippen MR) is 49.6 cm³/mol. The lowest BCUT2D eigenvalue weighted by atomic mass is 10.00. The van der Waals surface area contributed by atoms with E-state index in [2.05, 4.69) is 11.4 Å². The molecule has 0 aromatic heterocycles. The fraction of sp³-hybridized carbons (Fsp3) is 0.375. The Morgan fingerprint density at radius 1 is 1.75 bits per heavy atom. The first-order valence-electron chi connectivity index (χ1n) is 3.82. The summed E-state index contributed by atoms with van der Waals surface area (Å²) in [5.41, 5.74) is 5.97. The second kappa shape index (κ2) is 2.95. The van der Waals surface area contributed by atoms with Crippen molar-refractivity contribution in [3.63, 3.8) is 0 Å². The molecule has 0 spiro atoms. The number of thioether (sulfide) groups is 1. The van der Waals surface area contributed by atoms with Gasteiger partial charge in [0.2, 0.25) is 5.91 Å². The van der Waals surface area contributed by atoms with E-state index in [1.165, 1.54) is 0 Å². The highest BCUT2D eigenvalue weighted by molar-refractivity contribution is 8.00. The van der Waals surface area contributed by atoms with Gasteiger partial charge < -0.3 is 11.1 Å². The predicted octanol–water partition coefficient (Wildman–Crippen LogP) is -0.00100. The Bertz CT molecular complexity index is 272. The summed E-state index contributed by atoms with van der Waals surface area (Å²) in [5, 5.41) is 3.50. The lowest BCUT2D eigenvalue weighted by Crippen LogP contribution is -2.34. The third kappa shape index (κ3) is 1.17. The molecule has 2 unspecified atom stereocenters. The van der Waals surface area contributed by atoms with Crippen LogP contribution >= 0.6 is 11.8 Å². The molecule has 3 nitrogen and oxygen atoms in total. The molecular formula is C8H10N2OS. The summed E-state index contributed by atoms with van der Waals surface area (Å²) in [4.78, 5) is 11.0. The first-order chi connectivity index (χ1) is 5.79. The summed E-state index contributed by atoms with van der Waals surface area (Å²) in [6.45, 7) is 0. The molecule has 0 aromatic carbocycles. The van der Waals surface area contributed by atoms with Crippen LogP contribution in [0.2, 0.25) is 0 Å². The SMILES string of the molecule is NC(=O)C1=CC=CC2NCSC12. The quantitative estimate of drug-likeness (QED) is 0.600. The van der Waals surface area contributed by atoms with Crippen LogP contribution in [0, 0.1) is 0 Å². The molecular weight excluding hydrogens is 172 g/mol. The highest BCUT2D eigenvalue weighted by Crippen LogP contribution is 2.30. The van der Waals surface area contributed by atoms with Gasteiger partial charge in [0, 0.05) is 17.5 Å². The van der Waals surface area contributed by atoms with E-state index < -0.39 is 0 Å². The summed E-state index contributed by atoms with van der Waals surface area (Å²) in [5.74, 6) is 0.593. The Balaban J connectivity index is 2.27. The lowest BCUT2D eigenvalue weighted by Gasteiger charge is -2.19. The number of hydrogen-bond donors (Lipinski definition) is 2. The Labute approximate surface area is 75.1 Å². The molecule has 2 atom stereocenters. The van der Waals surface area contributed by atoms with Gasteiger partial charge in [0.25, 0.3) is 0 Å². The fourth-order valence-electron chi connectivity index (χ4n) is 1.49. The molecule has 2 aliphatic rings. The van der Waals surface area contributed by atoms with Crippen molar-refractivity contribution in [2.75, 3.05) is 5.88 Å².